The highest BCUT2D eigenvalue weighted by atomic mass is 16.4. The molecule has 0 heterocycles. The van der Waals surface area contributed by atoms with Crippen molar-refractivity contribution < 1.29 is 15.0 Å². The number of aliphatic carboxylic acids is 1. The summed E-state index contributed by atoms with van der Waals surface area (Å²) in [5.41, 5.74) is 1.32. The third-order valence-electron chi connectivity index (χ3n) is 4.28. The van der Waals surface area contributed by atoms with Crippen LogP contribution in [-0.2, 0) is 4.79 Å². The van der Waals surface area contributed by atoms with Crippen LogP contribution in [-0.4, -0.2) is 22.3 Å². The van der Waals surface area contributed by atoms with Crippen molar-refractivity contribution >= 4 is 5.97 Å². The third-order valence-corrected chi connectivity index (χ3v) is 4.28. The molecule has 0 spiro atoms. The summed E-state index contributed by atoms with van der Waals surface area (Å²) in [4.78, 5) is 10.7. The lowest BCUT2D eigenvalue weighted by atomic mass is 9.77. The van der Waals surface area contributed by atoms with E-state index < -0.39 is 5.97 Å². The second kappa shape index (κ2) is 6.93. The lowest BCUT2D eigenvalue weighted by molar-refractivity contribution is -0.141. The molecule has 0 aromatic rings. The average molecular weight is 254 g/mol. The van der Waals surface area contributed by atoms with Crippen molar-refractivity contribution in [2.75, 3.05) is 0 Å². The predicted molar refractivity (Wildman–Crippen MR) is 72.3 cm³/mol. The average Bonchev–Trinajstić information content (AvgIpc) is 2.32. The second-order valence-corrected chi connectivity index (χ2v) is 5.82. The summed E-state index contributed by atoms with van der Waals surface area (Å²) in [6.07, 6.45) is 6.59. The Bertz CT molecular complexity index is 309. The van der Waals surface area contributed by atoms with E-state index in [1.54, 1.807) is 6.92 Å². The van der Waals surface area contributed by atoms with Crippen LogP contribution in [0.2, 0.25) is 0 Å². The summed E-state index contributed by atoms with van der Waals surface area (Å²) in [6.45, 7) is 5.96. The van der Waals surface area contributed by atoms with Gasteiger partial charge in [0.2, 0.25) is 0 Å². The Balaban J connectivity index is 2.39. The molecular formula is C15H26O3. The lowest BCUT2D eigenvalue weighted by Gasteiger charge is -2.31. The first-order chi connectivity index (χ1) is 8.41. The maximum Gasteiger partial charge on any atom is 0.306 e. The molecular weight excluding hydrogens is 228 g/mol. The minimum atomic E-state index is -0.719. The summed E-state index contributed by atoms with van der Waals surface area (Å²) in [5, 5.41) is 18.7. The van der Waals surface area contributed by atoms with Crippen LogP contribution in [0.4, 0.5) is 0 Å². The molecule has 3 nitrogen and oxygen atoms in total. The number of aliphatic hydroxyl groups excluding tert-OH is 1. The zero-order chi connectivity index (χ0) is 13.7. The normalized spacial score (nSPS) is 31.1. The zero-order valence-electron chi connectivity index (χ0n) is 11.7. The predicted octanol–water partition coefficient (Wildman–Crippen LogP) is 3.23. The first kappa shape index (κ1) is 15.2. The van der Waals surface area contributed by atoms with Crippen LogP contribution >= 0.6 is 0 Å². The van der Waals surface area contributed by atoms with Gasteiger partial charge in [-0.1, -0.05) is 25.5 Å². The summed E-state index contributed by atoms with van der Waals surface area (Å²) < 4.78 is 0. The van der Waals surface area contributed by atoms with Crippen LogP contribution in [0.25, 0.3) is 0 Å². The fraction of sp³-hybridized carbons (Fsp3) is 0.800. The number of hydrogen-bond acceptors (Lipinski definition) is 2. The SMILES string of the molecule is CC(=CCCC(C)C(=O)O)[C@H]1CC[C@@H](C)[C@H](O)C1. The molecule has 104 valence electrons. The van der Waals surface area contributed by atoms with E-state index >= 15 is 0 Å². The van der Waals surface area contributed by atoms with E-state index in [0.29, 0.717) is 18.3 Å². The lowest BCUT2D eigenvalue weighted by Crippen LogP contribution is -2.27. The van der Waals surface area contributed by atoms with Gasteiger partial charge in [-0.05, 0) is 50.9 Å². The Labute approximate surface area is 110 Å². The summed E-state index contributed by atoms with van der Waals surface area (Å²) in [7, 11) is 0. The van der Waals surface area contributed by atoms with Crippen LogP contribution in [0.1, 0.15) is 52.9 Å². The van der Waals surface area contributed by atoms with Crippen molar-refractivity contribution in [1.82, 2.24) is 0 Å². The van der Waals surface area contributed by atoms with Crippen LogP contribution in [0.3, 0.4) is 0 Å². The van der Waals surface area contributed by atoms with E-state index in [2.05, 4.69) is 19.9 Å². The van der Waals surface area contributed by atoms with E-state index in [9.17, 15) is 9.90 Å². The van der Waals surface area contributed by atoms with Crippen LogP contribution in [0.15, 0.2) is 11.6 Å². The van der Waals surface area contributed by atoms with E-state index in [4.69, 9.17) is 5.11 Å². The number of hydrogen-bond donors (Lipinski definition) is 2. The number of carboxylic acid groups (broad SMARTS) is 1. The van der Waals surface area contributed by atoms with Gasteiger partial charge in [-0.3, -0.25) is 4.79 Å². The van der Waals surface area contributed by atoms with Crippen molar-refractivity contribution in [3.05, 3.63) is 11.6 Å². The highest BCUT2D eigenvalue weighted by molar-refractivity contribution is 5.69. The van der Waals surface area contributed by atoms with Gasteiger partial charge >= 0.3 is 5.97 Å². The van der Waals surface area contributed by atoms with Crippen LogP contribution in [0.5, 0.6) is 0 Å². The third kappa shape index (κ3) is 4.45. The van der Waals surface area contributed by atoms with Crippen LogP contribution < -0.4 is 0 Å². The monoisotopic (exact) mass is 254 g/mol. The zero-order valence-corrected chi connectivity index (χ0v) is 11.7. The second-order valence-electron chi connectivity index (χ2n) is 5.82. The molecule has 0 amide bonds. The molecule has 0 radical (unpaired) electrons. The smallest absolute Gasteiger partial charge is 0.306 e. The molecule has 0 aromatic carbocycles. The Morgan fingerprint density at radius 2 is 2.11 bits per heavy atom. The number of allylic oxidation sites excluding steroid dienone is 2. The Hall–Kier alpha value is -0.830. The molecule has 1 aliphatic carbocycles. The Morgan fingerprint density at radius 1 is 1.44 bits per heavy atom. The molecule has 2 N–H and O–H groups in total. The van der Waals surface area contributed by atoms with Gasteiger partial charge in [-0.25, -0.2) is 0 Å². The quantitative estimate of drug-likeness (QED) is 0.741. The molecule has 1 fully saturated rings. The molecule has 0 bridgehead atoms. The number of rotatable bonds is 5. The van der Waals surface area contributed by atoms with Crippen molar-refractivity contribution in [3.8, 4) is 0 Å². The van der Waals surface area contributed by atoms with Gasteiger partial charge < -0.3 is 10.2 Å². The van der Waals surface area contributed by atoms with Crippen molar-refractivity contribution in [2.24, 2.45) is 17.8 Å². The topological polar surface area (TPSA) is 57.5 Å². The first-order valence-electron chi connectivity index (χ1n) is 6.99. The molecule has 18 heavy (non-hydrogen) atoms. The minimum Gasteiger partial charge on any atom is -0.481 e. The molecule has 1 rings (SSSR count). The maximum atomic E-state index is 10.7. The van der Waals surface area contributed by atoms with Crippen molar-refractivity contribution in [2.45, 2.75) is 59.0 Å². The van der Waals surface area contributed by atoms with Crippen molar-refractivity contribution in [3.63, 3.8) is 0 Å². The van der Waals surface area contributed by atoms with E-state index in [1.807, 2.05) is 0 Å². The Kier molecular flexibility index (Phi) is 5.86. The molecule has 0 aromatic heterocycles. The maximum absolute atomic E-state index is 10.7. The summed E-state index contributed by atoms with van der Waals surface area (Å²) in [6, 6.07) is 0. The first-order valence-corrected chi connectivity index (χ1v) is 6.99. The molecule has 1 unspecified atom stereocenters. The summed E-state index contributed by atoms with van der Waals surface area (Å²) >= 11 is 0. The standard InChI is InChI=1S/C15H26O3/c1-10(5-4-6-12(3)15(17)18)13-8-7-11(2)14(16)9-13/h5,11-14,16H,4,6-9H2,1-3H3,(H,17,18)/t11-,12?,13+,14-/m1/s1. The highest BCUT2D eigenvalue weighted by Crippen LogP contribution is 2.33. The van der Waals surface area contributed by atoms with Gasteiger partial charge in [0.05, 0.1) is 12.0 Å². The van der Waals surface area contributed by atoms with E-state index in [-0.39, 0.29) is 12.0 Å². The molecule has 3 heteroatoms. The highest BCUT2D eigenvalue weighted by Gasteiger charge is 2.26. The van der Waals surface area contributed by atoms with Crippen LogP contribution in [0, 0.1) is 17.8 Å². The molecule has 4 atom stereocenters. The van der Waals surface area contributed by atoms with Gasteiger partial charge in [-0.15, -0.1) is 0 Å². The minimum absolute atomic E-state index is 0.176. The van der Waals surface area contributed by atoms with Gasteiger partial charge in [0.25, 0.3) is 0 Å². The molecule has 1 aliphatic rings. The van der Waals surface area contributed by atoms with Gasteiger partial charge in [-0.2, -0.15) is 0 Å². The molecule has 0 aliphatic heterocycles. The van der Waals surface area contributed by atoms with E-state index in [0.717, 1.165) is 25.7 Å². The fourth-order valence-corrected chi connectivity index (χ4v) is 2.56. The fourth-order valence-electron chi connectivity index (χ4n) is 2.56. The number of carbonyl (C=O) groups is 1. The Morgan fingerprint density at radius 3 is 2.67 bits per heavy atom. The largest absolute Gasteiger partial charge is 0.481 e. The summed E-state index contributed by atoms with van der Waals surface area (Å²) in [5.74, 6) is -0.0913. The van der Waals surface area contributed by atoms with Gasteiger partial charge in [0.15, 0.2) is 0 Å². The van der Waals surface area contributed by atoms with Gasteiger partial charge in [0.1, 0.15) is 0 Å². The van der Waals surface area contributed by atoms with Crippen molar-refractivity contribution in [1.29, 1.82) is 0 Å². The van der Waals surface area contributed by atoms with Gasteiger partial charge in [0, 0.05) is 0 Å². The molecule has 1 saturated carbocycles. The number of carboxylic acids is 1. The number of aliphatic hydroxyl groups is 1. The molecule has 0 saturated heterocycles. The van der Waals surface area contributed by atoms with E-state index in [1.165, 1.54) is 5.57 Å².